The molecule has 5 nitrogen and oxygen atoms in total. The number of aromatic nitrogens is 3. The summed E-state index contributed by atoms with van der Waals surface area (Å²) >= 11 is 12.2. The Bertz CT molecular complexity index is 1170. The highest BCUT2D eigenvalue weighted by Gasteiger charge is 2.17. The van der Waals surface area contributed by atoms with E-state index in [-0.39, 0.29) is 5.91 Å². The minimum Gasteiger partial charge on any atom is -0.334 e. The summed E-state index contributed by atoms with van der Waals surface area (Å²) in [4.78, 5) is 23.2. The molecule has 0 aliphatic rings. The average molecular weight is 425 g/mol. The Balaban J connectivity index is 1.67. The van der Waals surface area contributed by atoms with E-state index < -0.39 is 0 Å². The largest absolute Gasteiger partial charge is 0.334 e. The zero-order valence-corrected chi connectivity index (χ0v) is 17.2. The summed E-state index contributed by atoms with van der Waals surface area (Å²) in [6.07, 6.45) is 3.21. The van der Waals surface area contributed by atoms with Crippen LogP contribution in [0.25, 0.3) is 11.0 Å². The van der Waals surface area contributed by atoms with Gasteiger partial charge in [-0.05, 0) is 42.0 Å². The number of amides is 1. The summed E-state index contributed by atoms with van der Waals surface area (Å²) in [5, 5.41) is 1.03. The maximum atomic E-state index is 12.7. The van der Waals surface area contributed by atoms with Crippen LogP contribution in [0.2, 0.25) is 10.0 Å². The Labute approximate surface area is 178 Å². The first-order valence-corrected chi connectivity index (χ1v) is 9.82. The van der Waals surface area contributed by atoms with Crippen molar-refractivity contribution in [2.75, 3.05) is 7.05 Å². The predicted octanol–water partition coefficient (Wildman–Crippen LogP) is 5.06. The lowest BCUT2D eigenvalue weighted by Crippen LogP contribution is -2.28. The van der Waals surface area contributed by atoms with E-state index in [1.807, 2.05) is 36.4 Å². The lowest BCUT2D eigenvalue weighted by molar-refractivity contribution is 0.0780. The van der Waals surface area contributed by atoms with E-state index in [1.165, 1.54) is 0 Å². The highest BCUT2D eigenvalue weighted by molar-refractivity contribution is 6.42. The van der Waals surface area contributed by atoms with Crippen molar-refractivity contribution < 1.29 is 4.79 Å². The minimum absolute atomic E-state index is 0.105. The molecule has 146 valence electrons. The van der Waals surface area contributed by atoms with E-state index in [4.69, 9.17) is 28.2 Å². The maximum absolute atomic E-state index is 12.7. The number of rotatable bonds is 5. The normalized spacial score (nSPS) is 11.0. The van der Waals surface area contributed by atoms with Gasteiger partial charge >= 0.3 is 0 Å². The van der Waals surface area contributed by atoms with E-state index in [9.17, 15) is 4.79 Å². The molecule has 0 N–H and O–H groups in total. The fraction of sp³-hybridized carbons (Fsp3) is 0.136. The third-order valence-corrected chi connectivity index (χ3v) is 5.43. The highest BCUT2D eigenvalue weighted by Crippen LogP contribution is 2.25. The fourth-order valence-corrected chi connectivity index (χ4v) is 3.56. The molecule has 0 bridgehead atoms. The molecule has 0 spiro atoms. The number of carbonyl (C=O) groups is 1. The quantitative estimate of drug-likeness (QED) is 0.449. The van der Waals surface area contributed by atoms with E-state index in [0.29, 0.717) is 28.7 Å². The van der Waals surface area contributed by atoms with Crippen LogP contribution in [0, 0.1) is 0 Å². The van der Waals surface area contributed by atoms with Crippen LogP contribution < -0.4 is 0 Å². The molecule has 7 heteroatoms. The van der Waals surface area contributed by atoms with Crippen molar-refractivity contribution in [1.29, 1.82) is 0 Å². The zero-order valence-electron chi connectivity index (χ0n) is 15.7. The summed E-state index contributed by atoms with van der Waals surface area (Å²) in [5.74, 6) is 0.684. The Kier molecular flexibility index (Phi) is 5.51. The van der Waals surface area contributed by atoms with Crippen molar-refractivity contribution in [3.63, 3.8) is 0 Å². The number of pyridine rings is 1. The summed E-state index contributed by atoms with van der Waals surface area (Å²) in [6, 6.07) is 17.0. The first kappa shape index (κ1) is 19.4. The second-order valence-electron chi connectivity index (χ2n) is 6.75. The van der Waals surface area contributed by atoms with Gasteiger partial charge in [-0.1, -0.05) is 41.4 Å². The minimum atomic E-state index is -0.105. The van der Waals surface area contributed by atoms with Gasteiger partial charge in [0, 0.05) is 26.0 Å². The molecule has 4 rings (SSSR count). The van der Waals surface area contributed by atoms with Gasteiger partial charge in [-0.25, -0.2) is 4.98 Å². The van der Waals surface area contributed by atoms with E-state index >= 15 is 0 Å². The van der Waals surface area contributed by atoms with Crippen molar-refractivity contribution in [2.24, 2.45) is 0 Å². The van der Waals surface area contributed by atoms with Crippen LogP contribution in [0.3, 0.4) is 0 Å². The van der Waals surface area contributed by atoms with Crippen molar-refractivity contribution >= 4 is 40.1 Å². The topological polar surface area (TPSA) is 51.0 Å². The number of halogens is 2. The second-order valence-corrected chi connectivity index (χ2v) is 7.57. The lowest BCUT2D eigenvalue weighted by atomic mass is 10.2. The Morgan fingerprint density at radius 1 is 1.07 bits per heavy atom. The molecule has 2 aromatic carbocycles. The first-order valence-electron chi connectivity index (χ1n) is 9.06. The molecule has 0 saturated carbocycles. The van der Waals surface area contributed by atoms with Gasteiger partial charge in [-0.2, -0.15) is 0 Å². The molecule has 0 aliphatic heterocycles. The van der Waals surface area contributed by atoms with Gasteiger partial charge in [0.2, 0.25) is 0 Å². The van der Waals surface area contributed by atoms with Gasteiger partial charge in [0.1, 0.15) is 5.82 Å². The van der Waals surface area contributed by atoms with Crippen molar-refractivity contribution in [3.8, 4) is 0 Å². The number of benzene rings is 2. The Hall–Kier alpha value is -2.89. The van der Waals surface area contributed by atoms with Gasteiger partial charge in [-0.3, -0.25) is 9.78 Å². The molecule has 0 radical (unpaired) electrons. The molecule has 2 heterocycles. The third kappa shape index (κ3) is 4.11. The molecule has 29 heavy (non-hydrogen) atoms. The smallest absolute Gasteiger partial charge is 0.255 e. The Morgan fingerprint density at radius 3 is 2.66 bits per heavy atom. The molecule has 2 aromatic heterocycles. The monoisotopic (exact) mass is 424 g/mol. The van der Waals surface area contributed by atoms with Gasteiger partial charge in [0.05, 0.1) is 33.2 Å². The van der Waals surface area contributed by atoms with Crippen molar-refractivity contribution in [2.45, 2.75) is 13.1 Å². The van der Waals surface area contributed by atoms with E-state index in [1.54, 1.807) is 42.5 Å². The van der Waals surface area contributed by atoms with Crippen LogP contribution in [0.4, 0.5) is 0 Å². The summed E-state index contributed by atoms with van der Waals surface area (Å²) in [6.45, 7) is 0.936. The predicted molar refractivity (Wildman–Crippen MR) is 115 cm³/mol. The molecule has 0 saturated heterocycles. The molecule has 0 fully saturated rings. The highest BCUT2D eigenvalue weighted by atomic mass is 35.5. The molecule has 0 atom stereocenters. The summed E-state index contributed by atoms with van der Waals surface area (Å²) in [7, 11) is 1.76. The number of fused-ring (bicyclic) bond motifs is 1. The third-order valence-electron chi connectivity index (χ3n) is 4.69. The molecule has 1 amide bonds. The molecular weight excluding hydrogens is 407 g/mol. The lowest BCUT2D eigenvalue weighted by Gasteiger charge is -2.18. The maximum Gasteiger partial charge on any atom is 0.255 e. The van der Waals surface area contributed by atoms with Crippen LogP contribution in [0.5, 0.6) is 0 Å². The van der Waals surface area contributed by atoms with Gasteiger partial charge in [-0.15, -0.1) is 0 Å². The summed E-state index contributed by atoms with van der Waals surface area (Å²) < 4.78 is 2.10. The molecule has 0 aliphatic carbocycles. The average Bonchev–Trinajstić information content (AvgIpc) is 3.07. The molecular formula is C22H18Cl2N4O. The van der Waals surface area contributed by atoms with E-state index in [0.717, 1.165) is 22.4 Å². The van der Waals surface area contributed by atoms with Crippen molar-refractivity contribution in [3.05, 3.63) is 94.0 Å². The number of hydrogen-bond acceptors (Lipinski definition) is 3. The van der Waals surface area contributed by atoms with E-state index in [2.05, 4.69) is 9.55 Å². The first-order chi connectivity index (χ1) is 14.0. The number of hydrogen-bond donors (Lipinski definition) is 0. The molecule has 0 unspecified atom stereocenters. The zero-order chi connectivity index (χ0) is 20.4. The SMILES string of the molecule is CN(Cc1nc2ccccc2n1Cc1ccc(Cl)c(Cl)c1)C(=O)c1cccnc1. The van der Waals surface area contributed by atoms with Crippen LogP contribution in [-0.4, -0.2) is 32.4 Å². The van der Waals surface area contributed by atoms with Gasteiger partial charge in [0.15, 0.2) is 0 Å². The standard InChI is InChI=1S/C22H18Cl2N4O/c1-27(22(29)16-5-4-10-25-12-16)14-21-26-19-6-2-3-7-20(19)28(21)13-15-8-9-17(23)18(24)11-15/h2-12H,13-14H2,1H3. The van der Waals surface area contributed by atoms with Crippen LogP contribution in [-0.2, 0) is 13.1 Å². The number of para-hydroxylation sites is 2. The van der Waals surface area contributed by atoms with Gasteiger partial charge in [0.25, 0.3) is 5.91 Å². The fourth-order valence-electron chi connectivity index (χ4n) is 3.24. The van der Waals surface area contributed by atoms with Crippen LogP contribution in [0.15, 0.2) is 67.0 Å². The number of carbonyl (C=O) groups excluding carboxylic acids is 1. The van der Waals surface area contributed by atoms with Gasteiger partial charge < -0.3 is 9.47 Å². The van der Waals surface area contributed by atoms with Crippen molar-refractivity contribution in [1.82, 2.24) is 19.4 Å². The Morgan fingerprint density at radius 2 is 1.90 bits per heavy atom. The molecule has 4 aromatic rings. The number of nitrogens with zero attached hydrogens (tertiary/aromatic N) is 4. The van der Waals surface area contributed by atoms with Crippen LogP contribution >= 0.6 is 23.2 Å². The second kappa shape index (κ2) is 8.23. The van der Waals surface area contributed by atoms with Crippen LogP contribution in [0.1, 0.15) is 21.7 Å². The summed E-state index contributed by atoms with van der Waals surface area (Å²) in [5.41, 5.74) is 3.42. The number of imidazole rings is 1.